The Morgan fingerprint density at radius 3 is 1.44 bits per heavy atom. The van der Waals surface area contributed by atoms with Gasteiger partial charge < -0.3 is 9.59 Å². The minimum absolute atomic E-state index is 0.241. The van der Waals surface area contributed by atoms with Crippen molar-refractivity contribution in [3.05, 3.63) is 0 Å². The molecule has 0 spiro atoms. The molecular weight excluding hydrogens is 334 g/mol. The van der Waals surface area contributed by atoms with Crippen molar-refractivity contribution in [1.29, 1.82) is 0 Å². The first kappa shape index (κ1) is 26.4. The maximum Gasteiger partial charge on any atom is 0.362 e. The number of aliphatic carboxylic acids is 1. The molecule has 1 atom stereocenters. The van der Waals surface area contributed by atoms with E-state index in [2.05, 4.69) is 27.9 Å². The normalized spacial score (nSPS) is 13.0. The van der Waals surface area contributed by atoms with Crippen LogP contribution in [0.2, 0.25) is 0 Å². The standard InChI is InChI=1S/C24H49NO2/c1-5-7-9-11-13-14-15-16-18-20-22-25(3,4)23(24(26)27)21-19-17-12-10-8-6-2/h23H,5-22H2,1-4H3/p+1. The summed E-state index contributed by atoms with van der Waals surface area (Å²) in [5.41, 5.74) is 0. The van der Waals surface area contributed by atoms with Crippen molar-refractivity contribution >= 4 is 5.97 Å². The van der Waals surface area contributed by atoms with Crippen molar-refractivity contribution in [3.63, 3.8) is 0 Å². The number of hydrogen-bond donors (Lipinski definition) is 1. The Balaban J connectivity index is 3.88. The Bertz CT molecular complexity index is 341. The predicted octanol–water partition coefficient (Wildman–Crippen LogP) is 7.19. The number of likely N-dealkylation sites (N-methyl/N-ethyl adjacent to an activating group) is 1. The van der Waals surface area contributed by atoms with Crippen LogP contribution in [0.1, 0.15) is 123 Å². The van der Waals surface area contributed by atoms with Gasteiger partial charge >= 0.3 is 5.97 Å². The molecule has 0 aromatic carbocycles. The fraction of sp³-hybridized carbons (Fsp3) is 0.958. The highest BCUT2D eigenvalue weighted by Crippen LogP contribution is 2.18. The van der Waals surface area contributed by atoms with Crippen LogP contribution in [0.5, 0.6) is 0 Å². The lowest BCUT2D eigenvalue weighted by atomic mass is 10.0. The van der Waals surface area contributed by atoms with Gasteiger partial charge in [0.05, 0.1) is 20.6 Å². The van der Waals surface area contributed by atoms with E-state index in [1.807, 2.05) is 0 Å². The average molecular weight is 385 g/mol. The van der Waals surface area contributed by atoms with E-state index in [-0.39, 0.29) is 6.04 Å². The number of unbranched alkanes of at least 4 members (excludes halogenated alkanes) is 14. The van der Waals surface area contributed by atoms with Gasteiger partial charge in [0.25, 0.3) is 0 Å². The predicted molar refractivity (Wildman–Crippen MR) is 118 cm³/mol. The molecule has 0 aliphatic carbocycles. The molecule has 0 aromatic rings. The smallest absolute Gasteiger partial charge is 0.362 e. The largest absolute Gasteiger partial charge is 0.477 e. The van der Waals surface area contributed by atoms with Crippen LogP contribution in [-0.4, -0.2) is 42.2 Å². The zero-order valence-electron chi connectivity index (χ0n) is 19.1. The second-order valence-electron chi connectivity index (χ2n) is 9.09. The zero-order chi connectivity index (χ0) is 20.4. The first-order chi connectivity index (χ1) is 13.0. The SMILES string of the molecule is CCCCCCCCCCCC[N+](C)(C)C(CCCCCCCC)C(=O)O. The van der Waals surface area contributed by atoms with Gasteiger partial charge in [0.2, 0.25) is 0 Å². The number of quaternary nitrogens is 1. The van der Waals surface area contributed by atoms with E-state index in [0.29, 0.717) is 4.48 Å². The minimum Gasteiger partial charge on any atom is -0.477 e. The second-order valence-corrected chi connectivity index (χ2v) is 9.09. The van der Waals surface area contributed by atoms with Crippen molar-refractivity contribution in [2.24, 2.45) is 0 Å². The number of carboxylic acids is 1. The van der Waals surface area contributed by atoms with Crippen LogP contribution in [-0.2, 0) is 4.79 Å². The van der Waals surface area contributed by atoms with Crippen LogP contribution in [0.4, 0.5) is 0 Å². The number of carbonyl (C=O) groups is 1. The molecular formula is C24H50NO2+. The van der Waals surface area contributed by atoms with Crippen LogP contribution in [0, 0.1) is 0 Å². The Kier molecular flexibility index (Phi) is 17.2. The third-order valence-electron chi connectivity index (χ3n) is 6.05. The summed E-state index contributed by atoms with van der Waals surface area (Å²) in [6.45, 7) is 5.49. The molecule has 162 valence electrons. The molecule has 0 aliphatic rings. The maximum atomic E-state index is 11.8. The lowest BCUT2D eigenvalue weighted by Gasteiger charge is -2.35. The van der Waals surface area contributed by atoms with Gasteiger partial charge in [0.15, 0.2) is 6.04 Å². The van der Waals surface area contributed by atoms with Gasteiger partial charge in [-0.05, 0) is 19.3 Å². The number of rotatable bonds is 20. The van der Waals surface area contributed by atoms with Crippen LogP contribution in [0.25, 0.3) is 0 Å². The first-order valence-electron chi connectivity index (χ1n) is 12.0. The van der Waals surface area contributed by atoms with Crippen LogP contribution < -0.4 is 0 Å². The molecule has 1 unspecified atom stereocenters. The summed E-state index contributed by atoms with van der Waals surface area (Å²) in [4.78, 5) is 11.8. The van der Waals surface area contributed by atoms with Gasteiger partial charge in [-0.25, -0.2) is 4.79 Å². The van der Waals surface area contributed by atoms with Gasteiger partial charge in [0.1, 0.15) is 0 Å². The van der Waals surface area contributed by atoms with Gasteiger partial charge in [-0.2, -0.15) is 0 Å². The molecule has 0 saturated heterocycles. The molecule has 0 bridgehead atoms. The van der Waals surface area contributed by atoms with Crippen molar-refractivity contribution in [2.45, 2.75) is 129 Å². The molecule has 0 rings (SSSR count). The third kappa shape index (κ3) is 15.1. The highest BCUT2D eigenvalue weighted by Gasteiger charge is 2.33. The van der Waals surface area contributed by atoms with Crippen LogP contribution in [0.15, 0.2) is 0 Å². The van der Waals surface area contributed by atoms with Gasteiger partial charge in [-0.3, -0.25) is 0 Å². The highest BCUT2D eigenvalue weighted by molar-refractivity contribution is 5.72. The molecule has 0 amide bonds. The Morgan fingerprint density at radius 2 is 1.04 bits per heavy atom. The molecule has 0 aromatic heterocycles. The molecule has 0 aliphatic heterocycles. The number of hydrogen-bond acceptors (Lipinski definition) is 1. The number of nitrogens with zero attached hydrogens (tertiary/aromatic N) is 1. The van der Waals surface area contributed by atoms with E-state index in [1.165, 1.54) is 89.9 Å². The molecule has 0 radical (unpaired) electrons. The summed E-state index contributed by atoms with van der Waals surface area (Å²) in [5.74, 6) is -0.611. The molecule has 3 heteroatoms. The molecule has 0 saturated carbocycles. The van der Waals surface area contributed by atoms with E-state index in [4.69, 9.17) is 0 Å². The Morgan fingerprint density at radius 1 is 0.667 bits per heavy atom. The Labute approximate surface area is 170 Å². The first-order valence-corrected chi connectivity index (χ1v) is 12.0. The second kappa shape index (κ2) is 17.5. The summed E-state index contributed by atoms with van der Waals surface area (Å²) in [5, 5.41) is 9.70. The zero-order valence-corrected chi connectivity index (χ0v) is 19.1. The summed E-state index contributed by atoms with van der Waals surface area (Å²) >= 11 is 0. The summed E-state index contributed by atoms with van der Waals surface area (Å²) < 4.78 is 0.640. The topological polar surface area (TPSA) is 37.3 Å². The summed E-state index contributed by atoms with van der Waals surface area (Å²) in [6.07, 6.45) is 21.5. The average Bonchev–Trinajstić information content (AvgIpc) is 2.62. The third-order valence-corrected chi connectivity index (χ3v) is 6.05. The van der Waals surface area contributed by atoms with Crippen molar-refractivity contribution < 1.29 is 14.4 Å². The molecule has 27 heavy (non-hydrogen) atoms. The summed E-state index contributed by atoms with van der Waals surface area (Å²) in [6, 6.07) is -0.241. The monoisotopic (exact) mass is 384 g/mol. The molecule has 1 N–H and O–H groups in total. The van der Waals surface area contributed by atoms with Crippen molar-refractivity contribution in [3.8, 4) is 0 Å². The van der Waals surface area contributed by atoms with Crippen LogP contribution >= 0.6 is 0 Å². The lowest BCUT2D eigenvalue weighted by Crippen LogP contribution is -2.53. The van der Waals surface area contributed by atoms with Crippen molar-refractivity contribution in [2.75, 3.05) is 20.6 Å². The van der Waals surface area contributed by atoms with E-state index in [0.717, 1.165) is 25.8 Å². The fourth-order valence-corrected chi connectivity index (χ4v) is 4.05. The van der Waals surface area contributed by atoms with Crippen LogP contribution in [0.3, 0.4) is 0 Å². The van der Waals surface area contributed by atoms with Gasteiger partial charge in [0, 0.05) is 6.42 Å². The molecule has 0 heterocycles. The highest BCUT2D eigenvalue weighted by atomic mass is 16.4. The fourth-order valence-electron chi connectivity index (χ4n) is 4.05. The minimum atomic E-state index is -0.611. The van der Waals surface area contributed by atoms with E-state index >= 15 is 0 Å². The maximum absolute atomic E-state index is 11.8. The summed E-state index contributed by atoms with van der Waals surface area (Å²) in [7, 11) is 4.23. The number of carboxylic acid groups (broad SMARTS) is 1. The quantitative estimate of drug-likeness (QED) is 0.178. The van der Waals surface area contributed by atoms with E-state index in [9.17, 15) is 9.90 Å². The van der Waals surface area contributed by atoms with Crippen molar-refractivity contribution in [1.82, 2.24) is 0 Å². The van der Waals surface area contributed by atoms with E-state index in [1.54, 1.807) is 0 Å². The van der Waals surface area contributed by atoms with Gasteiger partial charge in [-0.15, -0.1) is 0 Å². The van der Waals surface area contributed by atoms with Gasteiger partial charge in [-0.1, -0.05) is 97.3 Å². The van der Waals surface area contributed by atoms with E-state index < -0.39 is 5.97 Å². The molecule has 0 fully saturated rings. The molecule has 3 nitrogen and oxygen atoms in total. The Hall–Kier alpha value is -0.570. The lowest BCUT2D eigenvalue weighted by molar-refractivity contribution is -0.907.